The van der Waals surface area contributed by atoms with Gasteiger partial charge in [-0.25, -0.2) is 4.98 Å². The van der Waals surface area contributed by atoms with E-state index < -0.39 is 5.97 Å². The molecule has 0 aliphatic heterocycles. The van der Waals surface area contributed by atoms with Gasteiger partial charge in [-0.15, -0.1) is 0 Å². The maximum atomic E-state index is 10.8. The molecule has 1 atom stereocenters. The van der Waals surface area contributed by atoms with Crippen LogP contribution in [0.2, 0.25) is 0 Å². The van der Waals surface area contributed by atoms with E-state index in [0.717, 1.165) is 34.2 Å². The molecule has 1 N–H and O–H groups in total. The predicted octanol–water partition coefficient (Wildman–Crippen LogP) is 3.57. The summed E-state index contributed by atoms with van der Waals surface area (Å²) in [6, 6.07) is 6.18. The lowest BCUT2D eigenvalue weighted by Gasteiger charge is -2.14. The molecule has 21 heavy (non-hydrogen) atoms. The molecular formula is C16H20N2O2S. The van der Waals surface area contributed by atoms with Crippen LogP contribution in [0.1, 0.15) is 25.3 Å². The second-order valence-electron chi connectivity index (χ2n) is 5.94. The largest absolute Gasteiger partial charge is 0.481 e. The van der Waals surface area contributed by atoms with Gasteiger partial charge in [0.05, 0.1) is 16.8 Å². The quantitative estimate of drug-likeness (QED) is 0.829. The summed E-state index contributed by atoms with van der Waals surface area (Å²) >= 11 is 1.32. The number of carbonyl (C=O) groups is 1. The molecule has 2 aromatic rings. The number of hydrogen-bond acceptors (Lipinski definition) is 3. The van der Waals surface area contributed by atoms with Crippen molar-refractivity contribution in [3.8, 4) is 0 Å². The number of nitrogens with zero attached hydrogens (tertiary/aromatic N) is 2. The number of imidazole rings is 1. The molecule has 4 nitrogen and oxygen atoms in total. The zero-order valence-electron chi connectivity index (χ0n) is 12.4. The Morgan fingerprint density at radius 1 is 1.52 bits per heavy atom. The monoisotopic (exact) mass is 304 g/mol. The van der Waals surface area contributed by atoms with Gasteiger partial charge in [0.2, 0.25) is 0 Å². The lowest BCUT2D eigenvalue weighted by Crippen LogP contribution is -2.11. The minimum absolute atomic E-state index is 0.0557. The molecular weight excluding hydrogens is 284 g/mol. The number of aryl methyl sites for hydroxylation is 1. The third-order valence-electron chi connectivity index (χ3n) is 4.17. The molecule has 0 amide bonds. The van der Waals surface area contributed by atoms with Crippen molar-refractivity contribution in [2.45, 2.75) is 38.4 Å². The van der Waals surface area contributed by atoms with E-state index in [0.29, 0.717) is 5.92 Å². The van der Waals surface area contributed by atoms with Gasteiger partial charge >= 0.3 is 5.97 Å². The minimum atomic E-state index is -0.800. The van der Waals surface area contributed by atoms with Gasteiger partial charge in [-0.2, -0.15) is 0 Å². The fourth-order valence-electron chi connectivity index (χ4n) is 2.78. The van der Waals surface area contributed by atoms with Crippen LogP contribution in [0.5, 0.6) is 0 Å². The van der Waals surface area contributed by atoms with E-state index in [1.54, 1.807) is 0 Å². The summed E-state index contributed by atoms with van der Waals surface area (Å²) in [5, 5.41) is 9.75. The van der Waals surface area contributed by atoms with Gasteiger partial charge in [-0.05, 0) is 43.2 Å². The Hall–Kier alpha value is -1.49. The van der Waals surface area contributed by atoms with E-state index in [1.807, 2.05) is 6.07 Å². The molecule has 0 spiro atoms. The van der Waals surface area contributed by atoms with E-state index in [2.05, 4.69) is 35.5 Å². The Labute approximate surface area is 128 Å². The van der Waals surface area contributed by atoms with E-state index in [9.17, 15) is 4.79 Å². The van der Waals surface area contributed by atoms with E-state index >= 15 is 0 Å². The molecule has 1 aliphatic rings. The third-order valence-corrected chi connectivity index (χ3v) is 5.13. The van der Waals surface area contributed by atoms with Crippen LogP contribution in [0.4, 0.5) is 0 Å². The van der Waals surface area contributed by atoms with Crippen molar-refractivity contribution in [3.05, 3.63) is 23.8 Å². The lowest BCUT2D eigenvalue weighted by molar-refractivity contribution is -0.133. The van der Waals surface area contributed by atoms with Crippen LogP contribution in [-0.4, -0.2) is 26.4 Å². The highest BCUT2D eigenvalue weighted by molar-refractivity contribution is 7.99. The molecule has 3 rings (SSSR count). The first-order valence-corrected chi connectivity index (χ1v) is 8.35. The average molecular weight is 304 g/mol. The first-order valence-electron chi connectivity index (χ1n) is 7.36. The number of benzene rings is 1. The van der Waals surface area contributed by atoms with Gasteiger partial charge in [0.25, 0.3) is 0 Å². The van der Waals surface area contributed by atoms with Gasteiger partial charge in [-0.3, -0.25) is 4.79 Å². The van der Waals surface area contributed by atoms with Gasteiger partial charge in [-0.1, -0.05) is 30.8 Å². The summed E-state index contributed by atoms with van der Waals surface area (Å²) < 4.78 is 2.21. The molecule has 1 aromatic carbocycles. The molecule has 0 bridgehead atoms. The number of para-hydroxylation sites is 1. The Bertz CT molecular complexity index is 676. The molecule has 1 aromatic heterocycles. The number of aromatic nitrogens is 2. The SMILES string of the molecule is Cc1cccc2c1nc(SCC(=O)O)n2CC(C)C1CC1. The van der Waals surface area contributed by atoms with Gasteiger partial charge < -0.3 is 9.67 Å². The zero-order chi connectivity index (χ0) is 15.0. The van der Waals surface area contributed by atoms with Crippen LogP contribution in [-0.2, 0) is 11.3 Å². The number of carboxylic acid groups (broad SMARTS) is 1. The molecule has 1 saturated carbocycles. The summed E-state index contributed by atoms with van der Waals surface area (Å²) in [6.07, 6.45) is 2.65. The molecule has 1 unspecified atom stereocenters. The maximum absolute atomic E-state index is 10.8. The van der Waals surface area contributed by atoms with E-state index in [-0.39, 0.29) is 5.75 Å². The molecule has 1 fully saturated rings. The highest BCUT2D eigenvalue weighted by Gasteiger charge is 2.29. The summed E-state index contributed by atoms with van der Waals surface area (Å²) in [7, 11) is 0. The van der Waals surface area contributed by atoms with Gasteiger partial charge in [0.1, 0.15) is 0 Å². The van der Waals surface area contributed by atoms with Crippen molar-refractivity contribution in [1.29, 1.82) is 0 Å². The topological polar surface area (TPSA) is 55.1 Å². The molecule has 0 saturated heterocycles. The number of aliphatic carboxylic acids is 1. The molecule has 5 heteroatoms. The average Bonchev–Trinajstić information content (AvgIpc) is 3.22. The molecule has 1 aliphatic carbocycles. The minimum Gasteiger partial charge on any atom is -0.481 e. The summed E-state index contributed by atoms with van der Waals surface area (Å²) in [6.45, 7) is 5.26. The van der Waals surface area contributed by atoms with Crippen LogP contribution in [0.3, 0.4) is 0 Å². The van der Waals surface area contributed by atoms with Gasteiger partial charge in [0.15, 0.2) is 5.16 Å². The second-order valence-corrected chi connectivity index (χ2v) is 6.89. The first-order chi connectivity index (χ1) is 10.1. The van der Waals surface area contributed by atoms with Crippen molar-refractivity contribution >= 4 is 28.8 Å². The van der Waals surface area contributed by atoms with E-state index in [1.165, 1.54) is 24.6 Å². The lowest BCUT2D eigenvalue weighted by atomic mass is 10.1. The number of thioether (sulfide) groups is 1. The Morgan fingerprint density at radius 3 is 2.95 bits per heavy atom. The predicted molar refractivity (Wildman–Crippen MR) is 84.7 cm³/mol. The standard InChI is InChI=1S/C16H20N2O2S/c1-10-4-3-5-13-15(10)17-16(21-9-14(19)20)18(13)8-11(2)12-6-7-12/h3-5,11-12H,6-9H2,1-2H3,(H,19,20). The number of rotatable bonds is 6. The highest BCUT2D eigenvalue weighted by atomic mass is 32.2. The van der Waals surface area contributed by atoms with Crippen molar-refractivity contribution in [3.63, 3.8) is 0 Å². The Kier molecular flexibility index (Phi) is 3.93. The Morgan fingerprint density at radius 2 is 2.29 bits per heavy atom. The Balaban J connectivity index is 1.97. The highest BCUT2D eigenvalue weighted by Crippen LogP contribution is 2.38. The van der Waals surface area contributed by atoms with Crippen molar-refractivity contribution in [1.82, 2.24) is 9.55 Å². The molecule has 1 heterocycles. The number of fused-ring (bicyclic) bond motifs is 1. The first kappa shape index (κ1) is 14.4. The van der Waals surface area contributed by atoms with Crippen molar-refractivity contribution in [2.24, 2.45) is 11.8 Å². The van der Waals surface area contributed by atoms with Crippen molar-refractivity contribution in [2.75, 3.05) is 5.75 Å². The smallest absolute Gasteiger partial charge is 0.313 e. The molecule has 112 valence electrons. The summed E-state index contributed by atoms with van der Waals surface area (Å²) in [5.74, 6) is 0.697. The molecule has 0 radical (unpaired) electrons. The fourth-order valence-corrected chi connectivity index (χ4v) is 3.52. The van der Waals surface area contributed by atoms with Crippen LogP contribution in [0.25, 0.3) is 11.0 Å². The summed E-state index contributed by atoms with van der Waals surface area (Å²) in [5.41, 5.74) is 3.26. The number of hydrogen-bond donors (Lipinski definition) is 1. The second kappa shape index (κ2) is 5.72. The maximum Gasteiger partial charge on any atom is 0.313 e. The third kappa shape index (κ3) is 3.07. The van der Waals surface area contributed by atoms with Gasteiger partial charge in [0, 0.05) is 6.54 Å². The van der Waals surface area contributed by atoms with Crippen molar-refractivity contribution < 1.29 is 9.90 Å². The fraction of sp³-hybridized carbons (Fsp3) is 0.500. The van der Waals surface area contributed by atoms with Crippen LogP contribution >= 0.6 is 11.8 Å². The normalized spacial score (nSPS) is 16.3. The van der Waals surface area contributed by atoms with Crippen LogP contribution in [0, 0.1) is 18.8 Å². The van der Waals surface area contributed by atoms with E-state index in [4.69, 9.17) is 5.11 Å². The van der Waals surface area contributed by atoms with Crippen LogP contribution < -0.4 is 0 Å². The number of carboxylic acids is 1. The zero-order valence-corrected chi connectivity index (χ0v) is 13.2. The summed E-state index contributed by atoms with van der Waals surface area (Å²) in [4.78, 5) is 15.5. The van der Waals surface area contributed by atoms with Crippen LogP contribution in [0.15, 0.2) is 23.4 Å².